The maximum Gasteiger partial charge on any atom is 0.252 e. The topological polar surface area (TPSA) is 65.8 Å². The highest BCUT2D eigenvalue weighted by molar-refractivity contribution is 6.06. The Bertz CT molecular complexity index is 732. The molecule has 1 N–H and O–H groups in total. The third-order valence-electron chi connectivity index (χ3n) is 4.09. The summed E-state index contributed by atoms with van der Waals surface area (Å²) in [6, 6.07) is 11.7. The average Bonchev–Trinajstić information content (AvgIpc) is 2.93. The summed E-state index contributed by atoms with van der Waals surface area (Å²) in [6.07, 6.45) is 2.75. The number of nitrogens with zero attached hydrogens (tertiary/aromatic N) is 2. The molecule has 106 valence electrons. The van der Waals surface area contributed by atoms with Crippen LogP contribution < -0.4 is 5.32 Å². The van der Waals surface area contributed by atoms with Gasteiger partial charge in [0.1, 0.15) is 0 Å². The molecule has 1 aromatic carbocycles. The number of aryl methyl sites for hydroxylation is 1. The molecule has 1 amide bonds. The highest BCUT2D eigenvalue weighted by Gasteiger charge is 2.29. The van der Waals surface area contributed by atoms with Crippen LogP contribution in [0.15, 0.2) is 30.3 Å². The fourth-order valence-corrected chi connectivity index (χ4v) is 3.03. The molecule has 0 aliphatic heterocycles. The van der Waals surface area contributed by atoms with Crippen LogP contribution in [0.25, 0.3) is 10.9 Å². The van der Waals surface area contributed by atoms with Crippen molar-refractivity contribution in [1.29, 1.82) is 5.26 Å². The number of fused-ring (bicyclic) bond motifs is 1. The number of para-hydroxylation sites is 1. The van der Waals surface area contributed by atoms with Gasteiger partial charge in [0.25, 0.3) is 5.91 Å². The summed E-state index contributed by atoms with van der Waals surface area (Å²) >= 11 is 0. The molecular weight excluding hydrogens is 262 g/mol. The number of carbonyl (C=O) groups excluding carboxylic acids is 1. The van der Waals surface area contributed by atoms with Gasteiger partial charge in [0.05, 0.1) is 23.1 Å². The number of aromatic nitrogens is 1. The molecule has 1 saturated carbocycles. The van der Waals surface area contributed by atoms with Crippen LogP contribution in [0.1, 0.15) is 35.3 Å². The van der Waals surface area contributed by atoms with E-state index < -0.39 is 0 Å². The SMILES string of the molecule is Cc1cc(C(=O)NC2CCCC2C#N)c2ccccc2n1. The van der Waals surface area contributed by atoms with E-state index in [1.807, 2.05) is 37.3 Å². The zero-order valence-corrected chi connectivity index (χ0v) is 12.0. The number of hydrogen-bond acceptors (Lipinski definition) is 3. The van der Waals surface area contributed by atoms with Crippen molar-refractivity contribution in [3.8, 4) is 6.07 Å². The fraction of sp³-hybridized carbons (Fsp3) is 0.353. The van der Waals surface area contributed by atoms with Crippen LogP contribution in [-0.4, -0.2) is 16.9 Å². The van der Waals surface area contributed by atoms with Crippen LogP contribution in [0.3, 0.4) is 0 Å². The zero-order valence-electron chi connectivity index (χ0n) is 12.0. The molecule has 2 atom stereocenters. The van der Waals surface area contributed by atoms with Crippen molar-refractivity contribution in [3.63, 3.8) is 0 Å². The van der Waals surface area contributed by atoms with Gasteiger partial charge in [-0.05, 0) is 38.3 Å². The van der Waals surface area contributed by atoms with Gasteiger partial charge in [0.2, 0.25) is 0 Å². The lowest BCUT2D eigenvalue weighted by molar-refractivity contribution is 0.0934. The monoisotopic (exact) mass is 279 g/mol. The number of carbonyl (C=O) groups is 1. The lowest BCUT2D eigenvalue weighted by Gasteiger charge is -2.16. The molecule has 21 heavy (non-hydrogen) atoms. The normalized spacial score (nSPS) is 21.1. The quantitative estimate of drug-likeness (QED) is 0.919. The number of nitrogens with one attached hydrogen (secondary N) is 1. The molecule has 0 bridgehead atoms. The van der Waals surface area contributed by atoms with E-state index in [1.165, 1.54) is 0 Å². The molecule has 3 rings (SSSR count). The van der Waals surface area contributed by atoms with Crippen LogP contribution in [0.4, 0.5) is 0 Å². The standard InChI is InChI=1S/C17H17N3O/c1-11-9-14(13-6-2-3-7-16(13)19-11)17(21)20-15-8-4-5-12(15)10-18/h2-3,6-7,9,12,15H,4-5,8H2,1H3,(H,20,21). The maximum absolute atomic E-state index is 12.6. The predicted molar refractivity (Wildman–Crippen MR) is 80.7 cm³/mol. The Kier molecular flexibility index (Phi) is 3.57. The fourth-order valence-electron chi connectivity index (χ4n) is 3.03. The number of hydrogen-bond donors (Lipinski definition) is 1. The van der Waals surface area contributed by atoms with Crippen LogP contribution in [0, 0.1) is 24.2 Å². The Morgan fingerprint density at radius 3 is 3.00 bits per heavy atom. The van der Waals surface area contributed by atoms with Crippen LogP contribution in [0.5, 0.6) is 0 Å². The van der Waals surface area contributed by atoms with Crippen LogP contribution in [-0.2, 0) is 0 Å². The van der Waals surface area contributed by atoms with Crippen molar-refractivity contribution in [2.24, 2.45) is 5.92 Å². The van der Waals surface area contributed by atoms with Gasteiger partial charge in [-0.3, -0.25) is 9.78 Å². The molecule has 0 radical (unpaired) electrons. The van der Waals surface area contributed by atoms with E-state index in [9.17, 15) is 4.79 Å². The maximum atomic E-state index is 12.6. The number of nitriles is 1. The van der Waals surface area contributed by atoms with E-state index in [1.54, 1.807) is 0 Å². The molecule has 2 unspecified atom stereocenters. The predicted octanol–water partition coefficient (Wildman–Crippen LogP) is 2.97. The van der Waals surface area contributed by atoms with Gasteiger partial charge in [0.15, 0.2) is 0 Å². The second kappa shape index (κ2) is 5.53. The molecule has 1 fully saturated rings. The van der Waals surface area contributed by atoms with Gasteiger partial charge in [-0.1, -0.05) is 18.2 Å². The smallest absolute Gasteiger partial charge is 0.252 e. The molecule has 0 saturated heterocycles. The first kappa shape index (κ1) is 13.6. The van der Waals surface area contributed by atoms with Gasteiger partial charge in [-0.2, -0.15) is 5.26 Å². The minimum atomic E-state index is -0.108. The molecule has 1 aliphatic rings. The summed E-state index contributed by atoms with van der Waals surface area (Å²) in [5.41, 5.74) is 2.29. The van der Waals surface area contributed by atoms with Gasteiger partial charge in [-0.25, -0.2) is 0 Å². The Morgan fingerprint density at radius 1 is 1.38 bits per heavy atom. The van der Waals surface area contributed by atoms with Gasteiger partial charge < -0.3 is 5.32 Å². The number of benzene rings is 1. The molecule has 4 heteroatoms. The Labute approximate surface area is 123 Å². The third-order valence-corrected chi connectivity index (χ3v) is 4.09. The Balaban J connectivity index is 1.93. The van der Waals surface area contributed by atoms with E-state index in [-0.39, 0.29) is 17.9 Å². The largest absolute Gasteiger partial charge is 0.348 e. The van der Waals surface area contributed by atoms with Crippen LogP contribution in [0.2, 0.25) is 0 Å². The van der Waals surface area contributed by atoms with Crippen LogP contribution >= 0.6 is 0 Å². The lowest BCUT2D eigenvalue weighted by Crippen LogP contribution is -2.37. The Hall–Kier alpha value is -2.41. The first-order chi connectivity index (χ1) is 10.2. The number of amides is 1. The molecule has 1 aliphatic carbocycles. The summed E-state index contributed by atoms with van der Waals surface area (Å²) in [4.78, 5) is 17.0. The highest BCUT2D eigenvalue weighted by atomic mass is 16.1. The van der Waals surface area contributed by atoms with E-state index in [0.29, 0.717) is 5.56 Å². The molecule has 0 spiro atoms. The van der Waals surface area contributed by atoms with Gasteiger partial charge >= 0.3 is 0 Å². The number of pyridine rings is 1. The van der Waals surface area contributed by atoms with Crippen molar-refractivity contribution in [3.05, 3.63) is 41.6 Å². The van der Waals surface area contributed by atoms with E-state index >= 15 is 0 Å². The molecule has 1 aromatic heterocycles. The molecule has 4 nitrogen and oxygen atoms in total. The summed E-state index contributed by atoms with van der Waals surface area (Å²) in [7, 11) is 0. The molecular formula is C17H17N3O. The molecule has 1 heterocycles. The second-order valence-electron chi connectivity index (χ2n) is 5.57. The third kappa shape index (κ3) is 2.59. The van der Waals surface area contributed by atoms with Crippen molar-refractivity contribution >= 4 is 16.8 Å². The van der Waals surface area contributed by atoms with E-state index in [2.05, 4.69) is 16.4 Å². The number of rotatable bonds is 2. The van der Waals surface area contributed by atoms with Gasteiger partial charge in [-0.15, -0.1) is 0 Å². The van der Waals surface area contributed by atoms with Crippen molar-refractivity contribution in [1.82, 2.24) is 10.3 Å². The zero-order chi connectivity index (χ0) is 14.8. The summed E-state index contributed by atoms with van der Waals surface area (Å²) in [5.74, 6) is -0.174. The minimum absolute atomic E-state index is 0.0327. The van der Waals surface area contributed by atoms with Gasteiger partial charge in [0, 0.05) is 17.1 Å². The van der Waals surface area contributed by atoms with E-state index in [0.717, 1.165) is 35.9 Å². The van der Waals surface area contributed by atoms with Crippen molar-refractivity contribution in [2.75, 3.05) is 0 Å². The Morgan fingerprint density at radius 2 is 2.19 bits per heavy atom. The highest BCUT2D eigenvalue weighted by Crippen LogP contribution is 2.26. The lowest BCUT2D eigenvalue weighted by atomic mass is 10.0. The second-order valence-corrected chi connectivity index (χ2v) is 5.57. The summed E-state index contributed by atoms with van der Waals surface area (Å²) < 4.78 is 0. The first-order valence-electron chi connectivity index (χ1n) is 7.26. The molecule has 2 aromatic rings. The minimum Gasteiger partial charge on any atom is -0.348 e. The first-order valence-corrected chi connectivity index (χ1v) is 7.26. The van der Waals surface area contributed by atoms with Crippen molar-refractivity contribution in [2.45, 2.75) is 32.2 Å². The van der Waals surface area contributed by atoms with E-state index in [4.69, 9.17) is 5.26 Å². The van der Waals surface area contributed by atoms with Crippen molar-refractivity contribution < 1.29 is 4.79 Å². The summed E-state index contributed by atoms with van der Waals surface area (Å²) in [6.45, 7) is 1.89. The summed E-state index contributed by atoms with van der Waals surface area (Å²) in [5, 5.41) is 13.0. The average molecular weight is 279 g/mol.